The van der Waals surface area contributed by atoms with Gasteiger partial charge in [-0.1, -0.05) is 6.92 Å². The van der Waals surface area contributed by atoms with E-state index in [1.165, 1.54) is 12.8 Å². The number of halogens is 1. The molecule has 94 valence electrons. The quantitative estimate of drug-likeness (QED) is 0.593. The lowest BCUT2D eigenvalue weighted by molar-refractivity contribution is -0.126. The van der Waals surface area contributed by atoms with Gasteiger partial charge >= 0.3 is 0 Å². The summed E-state index contributed by atoms with van der Waals surface area (Å²) in [6.07, 6.45) is 3.26. The van der Waals surface area contributed by atoms with Crippen molar-refractivity contribution in [1.82, 2.24) is 10.2 Å². The Morgan fingerprint density at radius 3 is 2.69 bits per heavy atom. The highest BCUT2D eigenvalue weighted by atomic mass is 35.5. The minimum atomic E-state index is 0.00262. The Balaban J connectivity index is 2.27. The molecule has 0 bridgehead atoms. The molecule has 0 aromatic carbocycles. The molecule has 1 fully saturated rings. The second-order valence-corrected chi connectivity index (χ2v) is 5.11. The van der Waals surface area contributed by atoms with Crippen molar-refractivity contribution >= 4 is 17.5 Å². The summed E-state index contributed by atoms with van der Waals surface area (Å²) < 4.78 is 0. The van der Waals surface area contributed by atoms with E-state index in [-0.39, 0.29) is 11.9 Å². The zero-order chi connectivity index (χ0) is 12.0. The Hall–Kier alpha value is -0.280. The topological polar surface area (TPSA) is 32.3 Å². The average molecular weight is 247 g/mol. The van der Waals surface area contributed by atoms with Gasteiger partial charge in [0.1, 0.15) is 0 Å². The van der Waals surface area contributed by atoms with Gasteiger partial charge in [-0.25, -0.2) is 0 Å². The van der Waals surface area contributed by atoms with E-state index >= 15 is 0 Å². The van der Waals surface area contributed by atoms with Gasteiger partial charge in [0.15, 0.2) is 0 Å². The van der Waals surface area contributed by atoms with Crippen LogP contribution in [-0.4, -0.2) is 42.4 Å². The Kier molecular flexibility index (Phi) is 6.14. The van der Waals surface area contributed by atoms with Crippen LogP contribution < -0.4 is 5.32 Å². The third-order valence-corrected chi connectivity index (χ3v) is 3.62. The Bertz CT molecular complexity index is 215. The number of piperidine rings is 1. The van der Waals surface area contributed by atoms with Gasteiger partial charge in [-0.15, -0.1) is 11.6 Å². The minimum Gasteiger partial charge on any atom is -0.355 e. The average Bonchev–Trinajstić information content (AvgIpc) is 2.29. The first kappa shape index (κ1) is 13.8. The molecule has 1 aliphatic heterocycles. The smallest absolute Gasteiger partial charge is 0.237 e. The van der Waals surface area contributed by atoms with Crippen molar-refractivity contribution in [3.05, 3.63) is 0 Å². The summed E-state index contributed by atoms with van der Waals surface area (Å²) in [7, 11) is 0. The fourth-order valence-corrected chi connectivity index (χ4v) is 2.14. The van der Waals surface area contributed by atoms with E-state index in [0.29, 0.717) is 12.4 Å². The molecule has 1 rings (SSSR count). The molecular formula is C12H23ClN2O. The lowest BCUT2D eigenvalue weighted by Crippen LogP contribution is -2.48. The molecule has 1 atom stereocenters. The lowest BCUT2D eigenvalue weighted by atomic mass is 9.98. The molecule has 16 heavy (non-hydrogen) atoms. The van der Waals surface area contributed by atoms with Crippen LogP contribution in [-0.2, 0) is 4.79 Å². The van der Waals surface area contributed by atoms with E-state index in [4.69, 9.17) is 11.6 Å². The van der Waals surface area contributed by atoms with Gasteiger partial charge < -0.3 is 5.32 Å². The van der Waals surface area contributed by atoms with Gasteiger partial charge in [0.25, 0.3) is 0 Å². The molecule has 0 spiro atoms. The largest absolute Gasteiger partial charge is 0.355 e. The van der Waals surface area contributed by atoms with Crippen molar-refractivity contribution < 1.29 is 4.79 Å². The van der Waals surface area contributed by atoms with Gasteiger partial charge in [0, 0.05) is 12.4 Å². The third-order valence-electron chi connectivity index (χ3n) is 3.36. The standard InChI is InChI=1S/C12H23ClN2O/c1-10-4-8-15(9-5-10)11(2)12(16)14-7-3-6-13/h10-11H,3-9H2,1-2H3,(H,14,16)/t11-/m0/s1. The predicted molar refractivity (Wildman–Crippen MR) is 67.8 cm³/mol. The summed E-state index contributed by atoms with van der Waals surface area (Å²) >= 11 is 5.57. The fourth-order valence-electron chi connectivity index (χ4n) is 2.01. The first-order chi connectivity index (χ1) is 7.65. The number of nitrogens with zero attached hydrogens (tertiary/aromatic N) is 1. The Labute approximate surface area is 104 Å². The molecular weight excluding hydrogens is 224 g/mol. The fraction of sp³-hybridized carbons (Fsp3) is 0.917. The number of carbonyl (C=O) groups excluding carboxylic acids is 1. The van der Waals surface area contributed by atoms with Crippen molar-refractivity contribution in [3.63, 3.8) is 0 Å². The maximum absolute atomic E-state index is 11.8. The maximum atomic E-state index is 11.8. The highest BCUT2D eigenvalue weighted by molar-refractivity contribution is 6.17. The minimum absolute atomic E-state index is 0.00262. The summed E-state index contributed by atoms with van der Waals surface area (Å²) in [4.78, 5) is 14.1. The second-order valence-electron chi connectivity index (χ2n) is 4.73. The Morgan fingerprint density at radius 2 is 2.12 bits per heavy atom. The number of amides is 1. The number of likely N-dealkylation sites (tertiary alicyclic amines) is 1. The van der Waals surface area contributed by atoms with Gasteiger partial charge in [-0.2, -0.15) is 0 Å². The van der Waals surface area contributed by atoms with Gasteiger partial charge in [0.2, 0.25) is 5.91 Å². The number of alkyl halides is 1. The lowest BCUT2D eigenvalue weighted by Gasteiger charge is -2.34. The number of carbonyl (C=O) groups is 1. The molecule has 1 amide bonds. The van der Waals surface area contributed by atoms with E-state index in [0.717, 1.165) is 25.4 Å². The molecule has 0 aromatic rings. The normalized spacial score (nSPS) is 20.7. The highest BCUT2D eigenvalue weighted by Gasteiger charge is 2.24. The van der Waals surface area contributed by atoms with Crippen molar-refractivity contribution in [3.8, 4) is 0 Å². The van der Waals surface area contributed by atoms with Crippen LogP contribution in [0.3, 0.4) is 0 Å². The van der Waals surface area contributed by atoms with Crippen molar-refractivity contribution in [1.29, 1.82) is 0 Å². The molecule has 1 N–H and O–H groups in total. The van der Waals surface area contributed by atoms with Crippen LogP contribution in [0.1, 0.15) is 33.1 Å². The van der Waals surface area contributed by atoms with E-state index in [1.54, 1.807) is 0 Å². The molecule has 1 aliphatic rings. The van der Waals surface area contributed by atoms with Gasteiger partial charge in [0.05, 0.1) is 6.04 Å². The van der Waals surface area contributed by atoms with Crippen LogP contribution in [0.25, 0.3) is 0 Å². The summed E-state index contributed by atoms with van der Waals surface area (Å²) in [6, 6.07) is 0.00262. The van der Waals surface area contributed by atoms with E-state index in [1.807, 2.05) is 6.92 Å². The predicted octanol–water partition coefficient (Wildman–Crippen LogP) is 1.85. The number of hydrogen-bond acceptors (Lipinski definition) is 2. The number of hydrogen-bond donors (Lipinski definition) is 1. The molecule has 0 saturated carbocycles. The summed E-state index contributed by atoms with van der Waals surface area (Å²) in [5.74, 6) is 1.55. The molecule has 1 heterocycles. The van der Waals surface area contributed by atoms with Crippen molar-refractivity contribution in [2.75, 3.05) is 25.5 Å². The third kappa shape index (κ3) is 4.30. The van der Waals surface area contributed by atoms with Crippen LogP contribution in [0.2, 0.25) is 0 Å². The van der Waals surface area contributed by atoms with Crippen LogP contribution in [0.15, 0.2) is 0 Å². The van der Waals surface area contributed by atoms with Crippen LogP contribution in [0, 0.1) is 5.92 Å². The zero-order valence-electron chi connectivity index (χ0n) is 10.3. The molecule has 0 radical (unpaired) electrons. The molecule has 4 heteroatoms. The highest BCUT2D eigenvalue weighted by Crippen LogP contribution is 2.17. The Morgan fingerprint density at radius 1 is 1.50 bits per heavy atom. The number of nitrogens with one attached hydrogen (secondary N) is 1. The van der Waals surface area contributed by atoms with Gasteiger partial charge in [-0.05, 0) is 45.2 Å². The molecule has 0 aromatic heterocycles. The summed E-state index contributed by atoms with van der Waals surface area (Å²) in [5, 5.41) is 2.93. The SMILES string of the molecule is CC1CCN([C@@H](C)C(=O)NCCCCl)CC1. The molecule has 1 saturated heterocycles. The van der Waals surface area contributed by atoms with Crippen LogP contribution in [0.5, 0.6) is 0 Å². The van der Waals surface area contributed by atoms with Gasteiger partial charge in [-0.3, -0.25) is 9.69 Å². The van der Waals surface area contributed by atoms with Crippen LogP contribution >= 0.6 is 11.6 Å². The van der Waals surface area contributed by atoms with Crippen molar-refractivity contribution in [2.24, 2.45) is 5.92 Å². The van der Waals surface area contributed by atoms with E-state index in [2.05, 4.69) is 17.1 Å². The first-order valence-corrected chi connectivity index (χ1v) is 6.76. The maximum Gasteiger partial charge on any atom is 0.237 e. The monoisotopic (exact) mass is 246 g/mol. The summed E-state index contributed by atoms with van der Waals surface area (Å²) in [6.45, 7) is 7.06. The molecule has 0 aliphatic carbocycles. The first-order valence-electron chi connectivity index (χ1n) is 6.23. The zero-order valence-corrected chi connectivity index (χ0v) is 11.1. The van der Waals surface area contributed by atoms with Crippen LogP contribution in [0.4, 0.5) is 0 Å². The van der Waals surface area contributed by atoms with E-state index < -0.39 is 0 Å². The molecule has 3 nitrogen and oxygen atoms in total. The van der Waals surface area contributed by atoms with Crippen molar-refractivity contribution in [2.45, 2.75) is 39.2 Å². The number of rotatable bonds is 5. The van der Waals surface area contributed by atoms with E-state index in [9.17, 15) is 4.79 Å². The second kappa shape index (κ2) is 7.13. The molecule has 0 unspecified atom stereocenters. The summed E-state index contributed by atoms with van der Waals surface area (Å²) in [5.41, 5.74) is 0.